The standard InChI is InChI=1S/C15H27N3O2/c1-12(19)17-8-5-9-18(11-10-17)15(20)14(16)13-6-3-2-4-7-13/h13-14H,2-11,16H2,1H3/t14-/m1/s1. The van der Waals surface area contributed by atoms with E-state index in [0.29, 0.717) is 19.0 Å². The summed E-state index contributed by atoms with van der Waals surface area (Å²) in [5.74, 6) is 0.529. The fourth-order valence-corrected chi connectivity index (χ4v) is 3.36. The van der Waals surface area contributed by atoms with Crippen LogP contribution in [0.1, 0.15) is 45.4 Å². The molecule has 1 saturated heterocycles. The van der Waals surface area contributed by atoms with Crippen molar-refractivity contribution >= 4 is 11.8 Å². The Morgan fingerprint density at radius 3 is 2.20 bits per heavy atom. The zero-order valence-corrected chi connectivity index (χ0v) is 12.5. The van der Waals surface area contributed by atoms with E-state index in [1.165, 1.54) is 19.3 Å². The average Bonchev–Trinajstić information content (AvgIpc) is 2.72. The summed E-state index contributed by atoms with van der Waals surface area (Å²) in [5, 5.41) is 0. The maximum Gasteiger partial charge on any atom is 0.239 e. The molecule has 1 atom stereocenters. The minimum atomic E-state index is -0.348. The van der Waals surface area contributed by atoms with Gasteiger partial charge in [-0.3, -0.25) is 9.59 Å². The summed E-state index contributed by atoms with van der Waals surface area (Å²) in [4.78, 5) is 27.6. The minimum absolute atomic E-state index is 0.0855. The van der Waals surface area contributed by atoms with Crippen LogP contribution in [0.5, 0.6) is 0 Å². The van der Waals surface area contributed by atoms with Gasteiger partial charge in [-0.15, -0.1) is 0 Å². The number of nitrogens with zero attached hydrogens (tertiary/aromatic N) is 2. The van der Waals surface area contributed by atoms with E-state index in [1.54, 1.807) is 6.92 Å². The van der Waals surface area contributed by atoms with Crippen LogP contribution in [0, 0.1) is 5.92 Å². The van der Waals surface area contributed by atoms with Crippen molar-refractivity contribution in [3.63, 3.8) is 0 Å². The first-order valence-corrected chi connectivity index (χ1v) is 7.89. The van der Waals surface area contributed by atoms with E-state index in [-0.39, 0.29) is 17.9 Å². The first-order valence-electron chi connectivity index (χ1n) is 7.89. The molecule has 2 aliphatic rings. The van der Waals surface area contributed by atoms with Gasteiger partial charge in [0.2, 0.25) is 11.8 Å². The Kier molecular flexibility index (Phi) is 5.40. The molecule has 0 spiro atoms. The van der Waals surface area contributed by atoms with Crippen LogP contribution in [0.4, 0.5) is 0 Å². The highest BCUT2D eigenvalue weighted by molar-refractivity contribution is 5.82. The van der Waals surface area contributed by atoms with Gasteiger partial charge in [0.15, 0.2) is 0 Å². The Balaban J connectivity index is 1.89. The van der Waals surface area contributed by atoms with Crippen LogP contribution in [0.25, 0.3) is 0 Å². The molecule has 1 aliphatic carbocycles. The number of nitrogens with two attached hydrogens (primary N) is 1. The van der Waals surface area contributed by atoms with E-state index in [2.05, 4.69) is 0 Å². The van der Waals surface area contributed by atoms with Crippen molar-refractivity contribution in [3.8, 4) is 0 Å². The maximum absolute atomic E-state index is 12.5. The van der Waals surface area contributed by atoms with Crippen molar-refractivity contribution in [2.24, 2.45) is 11.7 Å². The van der Waals surface area contributed by atoms with Gasteiger partial charge in [-0.05, 0) is 25.2 Å². The van der Waals surface area contributed by atoms with Crippen LogP contribution >= 0.6 is 0 Å². The lowest BCUT2D eigenvalue weighted by Crippen LogP contribution is -2.49. The van der Waals surface area contributed by atoms with Crippen LogP contribution < -0.4 is 5.73 Å². The van der Waals surface area contributed by atoms with Crippen LogP contribution in [-0.4, -0.2) is 53.8 Å². The van der Waals surface area contributed by atoms with Gasteiger partial charge in [0.05, 0.1) is 6.04 Å². The molecule has 1 saturated carbocycles. The second kappa shape index (κ2) is 7.07. The maximum atomic E-state index is 12.5. The van der Waals surface area contributed by atoms with Crippen molar-refractivity contribution in [2.75, 3.05) is 26.2 Å². The van der Waals surface area contributed by atoms with Gasteiger partial charge in [0, 0.05) is 33.1 Å². The third kappa shape index (κ3) is 3.72. The van der Waals surface area contributed by atoms with Gasteiger partial charge in [0.1, 0.15) is 0 Å². The summed E-state index contributed by atoms with van der Waals surface area (Å²) in [5.41, 5.74) is 6.20. The number of hydrogen-bond donors (Lipinski definition) is 1. The van der Waals surface area contributed by atoms with E-state index in [1.807, 2.05) is 9.80 Å². The second-order valence-electron chi connectivity index (χ2n) is 6.11. The summed E-state index contributed by atoms with van der Waals surface area (Å²) in [6.07, 6.45) is 6.69. The van der Waals surface area contributed by atoms with Gasteiger partial charge >= 0.3 is 0 Å². The molecule has 20 heavy (non-hydrogen) atoms. The normalized spacial score (nSPS) is 23.3. The fourth-order valence-electron chi connectivity index (χ4n) is 3.36. The molecule has 0 aromatic heterocycles. The fraction of sp³-hybridized carbons (Fsp3) is 0.867. The Morgan fingerprint density at radius 2 is 1.55 bits per heavy atom. The molecule has 0 aromatic carbocycles. The summed E-state index contributed by atoms with van der Waals surface area (Å²) in [6, 6.07) is -0.348. The first-order chi connectivity index (χ1) is 9.59. The summed E-state index contributed by atoms with van der Waals surface area (Å²) in [7, 11) is 0. The quantitative estimate of drug-likeness (QED) is 0.820. The average molecular weight is 281 g/mol. The van der Waals surface area contributed by atoms with Crippen molar-refractivity contribution in [3.05, 3.63) is 0 Å². The molecule has 0 unspecified atom stereocenters. The Hall–Kier alpha value is -1.10. The molecule has 5 nitrogen and oxygen atoms in total. The highest BCUT2D eigenvalue weighted by Gasteiger charge is 2.30. The van der Waals surface area contributed by atoms with Gasteiger partial charge in [-0.1, -0.05) is 19.3 Å². The topological polar surface area (TPSA) is 66.6 Å². The SMILES string of the molecule is CC(=O)N1CCCN(C(=O)[C@H](N)C2CCCCC2)CC1. The molecule has 2 N–H and O–H groups in total. The lowest BCUT2D eigenvalue weighted by Gasteiger charge is -2.31. The minimum Gasteiger partial charge on any atom is -0.341 e. The predicted octanol–water partition coefficient (Wildman–Crippen LogP) is 0.975. The molecule has 2 fully saturated rings. The molecule has 2 rings (SSSR count). The second-order valence-corrected chi connectivity index (χ2v) is 6.11. The lowest BCUT2D eigenvalue weighted by atomic mass is 9.84. The highest BCUT2D eigenvalue weighted by atomic mass is 16.2. The van der Waals surface area contributed by atoms with E-state index in [4.69, 9.17) is 5.73 Å². The third-order valence-corrected chi connectivity index (χ3v) is 4.70. The van der Waals surface area contributed by atoms with Gasteiger partial charge in [-0.2, -0.15) is 0 Å². The number of hydrogen-bond acceptors (Lipinski definition) is 3. The lowest BCUT2D eigenvalue weighted by molar-refractivity contribution is -0.135. The zero-order chi connectivity index (χ0) is 14.5. The largest absolute Gasteiger partial charge is 0.341 e. The van der Waals surface area contributed by atoms with Crippen molar-refractivity contribution in [2.45, 2.75) is 51.5 Å². The van der Waals surface area contributed by atoms with Crippen LogP contribution in [0.2, 0.25) is 0 Å². The van der Waals surface area contributed by atoms with Gasteiger partial charge in [-0.25, -0.2) is 0 Å². The zero-order valence-electron chi connectivity index (χ0n) is 12.5. The molecule has 0 radical (unpaired) electrons. The molecule has 0 bridgehead atoms. The first kappa shape index (κ1) is 15.3. The van der Waals surface area contributed by atoms with E-state index in [9.17, 15) is 9.59 Å². The molecule has 1 heterocycles. The Morgan fingerprint density at radius 1 is 0.950 bits per heavy atom. The van der Waals surface area contributed by atoms with E-state index >= 15 is 0 Å². The monoisotopic (exact) mass is 281 g/mol. The molecule has 1 aliphatic heterocycles. The number of rotatable bonds is 2. The van der Waals surface area contributed by atoms with E-state index in [0.717, 1.165) is 32.4 Å². The third-order valence-electron chi connectivity index (χ3n) is 4.70. The number of carbonyl (C=O) groups excluding carboxylic acids is 2. The van der Waals surface area contributed by atoms with Gasteiger partial charge in [0.25, 0.3) is 0 Å². The van der Waals surface area contributed by atoms with Crippen LogP contribution in [0.3, 0.4) is 0 Å². The molecule has 0 aromatic rings. The number of amides is 2. The highest BCUT2D eigenvalue weighted by Crippen LogP contribution is 2.26. The predicted molar refractivity (Wildman–Crippen MR) is 78.0 cm³/mol. The molecular formula is C15H27N3O2. The van der Waals surface area contributed by atoms with Gasteiger partial charge < -0.3 is 15.5 Å². The van der Waals surface area contributed by atoms with E-state index < -0.39 is 0 Å². The van der Waals surface area contributed by atoms with Crippen molar-refractivity contribution in [1.29, 1.82) is 0 Å². The Labute approximate surface area is 121 Å². The summed E-state index contributed by atoms with van der Waals surface area (Å²) in [6.45, 7) is 4.32. The van der Waals surface area contributed by atoms with Crippen LogP contribution in [-0.2, 0) is 9.59 Å². The van der Waals surface area contributed by atoms with Crippen molar-refractivity contribution in [1.82, 2.24) is 9.80 Å². The Bertz CT molecular complexity index is 353. The molecule has 2 amide bonds. The molecule has 5 heteroatoms. The molecular weight excluding hydrogens is 254 g/mol. The smallest absolute Gasteiger partial charge is 0.239 e. The summed E-state index contributed by atoms with van der Waals surface area (Å²) < 4.78 is 0. The number of carbonyl (C=O) groups is 2. The molecule has 114 valence electrons. The van der Waals surface area contributed by atoms with Crippen molar-refractivity contribution < 1.29 is 9.59 Å². The summed E-state index contributed by atoms with van der Waals surface area (Å²) >= 11 is 0. The van der Waals surface area contributed by atoms with Crippen LogP contribution in [0.15, 0.2) is 0 Å².